The maximum atomic E-state index is 13.2. The first-order valence-corrected chi connectivity index (χ1v) is 8.13. The second-order valence-corrected chi connectivity index (χ2v) is 6.57. The molecule has 110 valence electrons. The zero-order valence-electron chi connectivity index (χ0n) is 11.6. The first kappa shape index (κ1) is 14.4. The predicted octanol–water partition coefficient (Wildman–Crippen LogP) is 2.07. The van der Waals surface area contributed by atoms with Gasteiger partial charge >= 0.3 is 0 Å². The largest absolute Gasteiger partial charge is 0.314 e. The predicted molar refractivity (Wildman–Crippen MR) is 82.2 cm³/mol. The maximum absolute atomic E-state index is 13.2. The molecule has 3 nitrogen and oxygen atoms in total. The number of rotatable bonds is 3. The molecule has 0 amide bonds. The van der Waals surface area contributed by atoms with E-state index in [0.29, 0.717) is 10.5 Å². The van der Waals surface area contributed by atoms with Crippen LogP contribution >= 0.6 is 15.9 Å². The molecule has 1 aromatic carbocycles. The van der Waals surface area contributed by atoms with Crippen molar-refractivity contribution in [2.24, 2.45) is 0 Å². The lowest BCUT2D eigenvalue weighted by Crippen LogP contribution is -2.49. The van der Waals surface area contributed by atoms with Crippen LogP contribution in [0.15, 0.2) is 22.7 Å². The van der Waals surface area contributed by atoms with Crippen molar-refractivity contribution in [3.8, 4) is 0 Å². The smallest absolute Gasteiger partial charge is 0.137 e. The number of benzene rings is 1. The fourth-order valence-corrected chi connectivity index (χ4v) is 3.62. The third-order valence-electron chi connectivity index (χ3n) is 4.31. The van der Waals surface area contributed by atoms with Gasteiger partial charge < -0.3 is 5.32 Å². The van der Waals surface area contributed by atoms with E-state index in [1.54, 1.807) is 6.07 Å². The van der Waals surface area contributed by atoms with Gasteiger partial charge in [-0.3, -0.25) is 9.80 Å². The van der Waals surface area contributed by atoms with Crippen LogP contribution in [0.1, 0.15) is 12.0 Å². The topological polar surface area (TPSA) is 18.5 Å². The standard InChI is InChI=1S/C15H21BrFN3/c16-14-9-12(1-2-15(14)17)10-19-6-3-13(11-19)20-7-4-18-5-8-20/h1-2,9,13,18H,3-8,10-11H2. The zero-order valence-corrected chi connectivity index (χ0v) is 13.2. The molecule has 1 atom stereocenters. The summed E-state index contributed by atoms with van der Waals surface area (Å²) in [7, 11) is 0. The van der Waals surface area contributed by atoms with Crippen LogP contribution in [0.25, 0.3) is 0 Å². The lowest BCUT2D eigenvalue weighted by Gasteiger charge is -2.32. The van der Waals surface area contributed by atoms with E-state index in [0.717, 1.165) is 32.7 Å². The molecule has 0 aliphatic carbocycles. The molecule has 0 spiro atoms. The van der Waals surface area contributed by atoms with Gasteiger partial charge in [0, 0.05) is 51.9 Å². The van der Waals surface area contributed by atoms with E-state index >= 15 is 0 Å². The minimum atomic E-state index is -0.186. The Kier molecular flexibility index (Phi) is 4.71. The molecule has 1 N–H and O–H groups in total. The summed E-state index contributed by atoms with van der Waals surface area (Å²) in [5.74, 6) is -0.186. The van der Waals surface area contributed by atoms with Gasteiger partial charge in [0.2, 0.25) is 0 Å². The molecule has 2 saturated heterocycles. The Labute approximate surface area is 128 Å². The van der Waals surface area contributed by atoms with Gasteiger partial charge in [-0.05, 0) is 40.0 Å². The summed E-state index contributed by atoms with van der Waals surface area (Å²) in [6.45, 7) is 7.75. The third kappa shape index (κ3) is 3.39. The summed E-state index contributed by atoms with van der Waals surface area (Å²) >= 11 is 3.26. The van der Waals surface area contributed by atoms with E-state index in [2.05, 4.69) is 31.0 Å². The van der Waals surface area contributed by atoms with Crippen LogP contribution in [0.3, 0.4) is 0 Å². The molecule has 0 aromatic heterocycles. The van der Waals surface area contributed by atoms with Crippen LogP contribution in [0.5, 0.6) is 0 Å². The number of likely N-dealkylation sites (tertiary alicyclic amines) is 1. The molecule has 0 radical (unpaired) electrons. The highest BCUT2D eigenvalue weighted by molar-refractivity contribution is 9.10. The first-order chi connectivity index (χ1) is 9.72. The quantitative estimate of drug-likeness (QED) is 0.907. The van der Waals surface area contributed by atoms with Crippen LogP contribution in [-0.2, 0) is 6.54 Å². The number of nitrogens with one attached hydrogen (secondary N) is 1. The van der Waals surface area contributed by atoms with Crippen molar-refractivity contribution < 1.29 is 4.39 Å². The lowest BCUT2D eigenvalue weighted by atomic mass is 10.2. The van der Waals surface area contributed by atoms with E-state index in [4.69, 9.17) is 0 Å². The van der Waals surface area contributed by atoms with E-state index < -0.39 is 0 Å². The van der Waals surface area contributed by atoms with Crippen molar-refractivity contribution in [1.82, 2.24) is 15.1 Å². The van der Waals surface area contributed by atoms with Gasteiger partial charge in [-0.2, -0.15) is 0 Å². The fraction of sp³-hybridized carbons (Fsp3) is 0.600. The second kappa shape index (κ2) is 6.52. The third-order valence-corrected chi connectivity index (χ3v) is 4.91. The highest BCUT2D eigenvalue weighted by Gasteiger charge is 2.28. The van der Waals surface area contributed by atoms with Crippen molar-refractivity contribution in [3.05, 3.63) is 34.1 Å². The molecule has 3 rings (SSSR count). The summed E-state index contributed by atoms with van der Waals surface area (Å²) in [5, 5.41) is 3.40. The van der Waals surface area contributed by atoms with Crippen molar-refractivity contribution in [3.63, 3.8) is 0 Å². The van der Waals surface area contributed by atoms with Gasteiger partial charge in [0.25, 0.3) is 0 Å². The highest BCUT2D eigenvalue weighted by Crippen LogP contribution is 2.21. The molecule has 2 fully saturated rings. The molecule has 1 unspecified atom stereocenters. The van der Waals surface area contributed by atoms with Crippen LogP contribution < -0.4 is 5.32 Å². The van der Waals surface area contributed by atoms with Gasteiger partial charge in [-0.15, -0.1) is 0 Å². The van der Waals surface area contributed by atoms with Crippen LogP contribution in [0.2, 0.25) is 0 Å². The normalized spacial score (nSPS) is 25.2. The van der Waals surface area contributed by atoms with Gasteiger partial charge in [0.15, 0.2) is 0 Å². The monoisotopic (exact) mass is 341 g/mol. The number of hydrogen-bond acceptors (Lipinski definition) is 3. The Morgan fingerprint density at radius 2 is 2.05 bits per heavy atom. The highest BCUT2D eigenvalue weighted by atomic mass is 79.9. The number of piperazine rings is 1. The average molecular weight is 342 g/mol. The minimum absolute atomic E-state index is 0.186. The molecule has 2 aliphatic heterocycles. The molecule has 0 saturated carbocycles. The molecule has 1 aromatic rings. The van der Waals surface area contributed by atoms with Crippen molar-refractivity contribution in [1.29, 1.82) is 0 Å². The molecule has 20 heavy (non-hydrogen) atoms. The van der Waals surface area contributed by atoms with Gasteiger partial charge in [0.05, 0.1) is 4.47 Å². The molecule has 2 aliphatic rings. The van der Waals surface area contributed by atoms with Crippen LogP contribution in [0, 0.1) is 5.82 Å². The van der Waals surface area contributed by atoms with Crippen molar-refractivity contribution >= 4 is 15.9 Å². The fourth-order valence-electron chi connectivity index (χ4n) is 3.20. The number of hydrogen-bond donors (Lipinski definition) is 1. The maximum Gasteiger partial charge on any atom is 0.137 e. The van der Waals surface area contributed by atoms with Crippen molar-refractivity contribution in [2.75, 3.05) is 39.3 Å². The van der Waals surface area contributed by atoms with E-state index in [1.807, 2.05) is 12.1 Å². The van der Waals surface area contributed by atoms with E-state index in [9.17, 15) is 4.39 Å². The summed E-state index contributed by atoms with van der Waals surface area (Å²) in [5.41, 5.74) is 1.18. The summed E-state index contributed by atoms with van der Waals surface area (Å²) in [6.07, 6.45) is 1.25. The molecular weight excluding hydrogens is 321 g/mol. The first-order valence-electron chi connectivity index (χ1n) is 7.33. The van der Waals surface area contributed by atoms with E-state index in [-0.39, 0.29) is 5.82 Å². The lowest BCUT2D eigenvalue weighted by molar-refractivity contribution is 0.170. The van der Waals surface area contributed by atoms with Crippen LogP contribution in [-0.4, -0.2) is 55.1 Å². The van der Waals surface area contributed by atoms with Crippen LogP contribution in [0.4, 0.5) is 4.39 Å². The summed E-state index contributed by atoms with van der Waals surface area (Å²) in [6, 6.07) is 6.02. The van der Waals surface area contributed by atoms with Crippen molar-refractivity contribution in [2.45, 2.75) is 19.0 Å². The Bertz CT molecular complexity index is 462. The van der Waals surface area contributed by atoms with Gasteiger partial charge in [-0.1, -0.05) is 6.07 Å². The van der Waals surface area contributed by atoms with Gasteiger partial charge in [-0.25, -0.2) is 4.39 Å². The number of nitrogens with zero attached hydrogens (tertiary/aromatic N) is 2. The molecule has 0 bridgehead atoms. The Balaban J connectivity index is 1.55. The summed E-state index contributed by atoms with van der Waals surface area (Å²) < 4.78 is 13.8. The molecular formula is C15H21BrFN3. The molecule has 5 heteroatoms. The summed E-state index contributed by atoms with van der Waals surface area (Å²) in [4.78, 5) is 5.09. The SMILES string of the molecule is Fc1ccc(CN2CCC(N3CCNCC3)C2)cc1Br. The zero-order chi connectivity index (χ0) is 13.9. The Morgan fingerprint density at radius 3 is 2.80 bits per heavy atom. The second-order valence-electron chi connectivity index (χ2n) is 5.71. The Hall–Kier alpha value is -0.490. The molecule has 2 heterocycles. The Morgan fingerprint density at radius 1 is 1.25 bits per heavy atom. The van der Waals surface area contributed by atoms with Gasteiger partial charge in [0.1, 0.15) is 5.82 Å². The average Bonchev–Trinajstić information content (AvgIpc) is 2.92. The minimum Gasteiger partial charge on any atom is -0.314 e. The van der Waals surface area contributed by atoms with E-state index in [1.165, 1.54) is 25.1 Å². The number of halogens is 2.